The van der Waals surface area contributed by atoms with Gasteiger partial charge in [0, 0.05) is 17.2 Å². The van der Waals surface area contributed by atoms with Gasteiger partial charge in [-0.2, -0.15) is 0 Å². The van der Waals surface area contributed by atoms with Gasteiger partial charge in [-0.05, 0) is 92.3 Å². The maximum Gasteiger partial charge on any atom is 0.260 e. The van der Waals surface area contributed by atoms with Crippen LogP contribution in [-0.4, -0.2) is 11.7 Å². The van der Waals surface area contributed by atoms with Gasteiger partial charge in [-0.15, -0.1) is 0 Å². The molecule has 0 atom stereocenters. The maximum absolute atomic E-state index is 6.52. The Labute approximate surface area is 240 Å². The van der Waals surface area contributed by atoms with E-state index in [0.717, 1.165) is 50.8 Å². The van der Waals surface area contributed by atoms with Crippen LogP contribution in [0.4, 0.5) is 0 Å². The zero-order valence-electron chi connectivity index (χ0n) is 23.3. The van der Waals surface area contributed by atoms with Gasteiger partial charge < -0.3 is 9.47 Å². The second-order valence-electron chi connectivity index (χ2n) is 12.0. The molecule has 0 fully saturated rings. The first-order valence-electron chi connectivity index (χ1n) is 14.2. The van der Waals surface area contributed by atoms with Crippen molar-refractivity contribution in [3.63, 3.8) is 0 Å². The smallest absolute Gasteiger partial charge is 0.260 e. The van der Waals surface area contributed by atoms with Crippen LogP contribution in [0.1, 0.15) is 26.3 Å². The highest BCUT2D eigenvalue weighted by molar-refractivity contribution is 6.98. The molecule has 0 radical (unpaired) electrons. The molecule has 0 saturated carbocycles. The van der Waals surface area contributed by atoms with Crippen molar-refractivity contribution in [2.75, 3.05) is 0 Å². The summed E-state index contributed by atoms with van der Waals surface area (Å²) < 4.78 is 13.0. The third-order valence-corrected chi connectivity index (χ3v) is 8.35. The molecule has 2 aliphatic rings. The Balaban J connectivity index is 1.28. The van der Waals surface area contributed by atoms with Gasteiger partial charge in [0.1, 0.15) is 23.0 Å². The van der Waals surface area contributed by atoms with E-state index in [1.54, 1.807) is 0 Å². The molecule has 41 heavy (non-hydrogen) atoms. The van der Waals surface area contributed by atoms with Gasteiger partial charge in [-0.3, -0.25) is 4.98 Å². The summed E-state index contributed by atoms with van der Waals surface area (Å²) in [5.74, 6) is 3.47. The van der Waals surface area contributed by atoms with Gasteiger partial charge in [0.25, 0.3) is 6.71 Å². The van der Waals surface area contributed by atoms with Crippen LogP contribution in [0.15, 0.2) is 115 Å². The zero-order valence-corrected chi connectivity index (χ0v) is 23.3. The fourth-order valence-corrected chi connectivity index (χ4v) is 6.41. The molecule has 0 aliphatic carbocycles. The number of aromatic nitrogens is 1. The number of nitrogens with zero attached hydrogens (tertiary/aromatic N) is 1. The summed E-state index contributed by atoms with van der Waals surface area (Å²) in [5.41, 5.74) is 8.92. The average Bonchev–Trinajstić information content (AvgIpc) is 2.99. The maximum atomic E-state index is 6.52. The number of hydrogen-bond donors (Lipinski definition) is 0. The third kappa shape index (κ3) is 3.86. The van der Waals surface area contributed by atoms with Crippen molar-refractivity contribution < 1.29 is 9.47 Å². The molecule has 3 heterocycles. The van der Waals surface area contributed by atoms with Gasteiger partial charge in [0.05, 0.1) is 5.69 Å². The second-order valence-corrected chi connectivity index (χ2v) is 12.0. The lowest BCUT2D eigenvalue weighted by Crippen LogP contribution is -2.57. The molecule has 1 aromatic heterocycles. The highest BCUT2D eigenvalue weighted by Crippen LogP contribution is 2.39. The van der Waals surface area contributed by atoms with Gasteiger partial charge >= 0.3 is 0 Å². The Bertz CT molecular complexity index is 1940. The number of fused-ring (bicyclic) bond motifs is 5. The van der Waals surface area contributed by atoms with Crippen LogP contribution in [-0.2, 0) is 5.41 Å². The van der Waals surface area contributed by atoms with E-state index in [4.69, 9.17) is 14.5 Å². The van der Waals surface area contributed by atoms with Crippen LogP contribution in [0, 0.1) is 0 Å². The summed E-state index contributed by atoms with van der Waals surface area (Å²) in [4.78, 5) is 4.82. The lowest BCUT2D eigenvalue weighted by molar-refractivity contribution is 0.465. The molecule has 196 valence electrons. The van der Waals surface area contributed by atoms with Crippen molar-refractivity contribution in [2.45, 2.75) is 26.2 Å². The number of para-hydroxylation sites is 2. The quantitative estimate of drug-likeness (QED) is 0.216. The molecular weight excluding hydrogens is 501 g/mol. The Morgan fingerprint density at radius 1 is 0.585 bits per heavy atom. The van der Waals surface area contributed by atoms with E-state index in [-0.39, 0.29) is 12.1 Å². The number of benzene rings is 5. The Kier molecular flexibility index (Phi) is 5.18. The SMILES string of the molecule is CC(C)(C)c1cc(-c2cc(-c3cc4c5c(c3)Oc3ccccc3B5c3ccccc3O4)ccn2)cc2ccccc12. The molecule has 0 bridgehead atoms. The van der Waals surface area contributed by atoms with Gasteiger partial charge in [-0.25, -0.2) is 0 Å². The molecule has 0 spiro atoms. The number of hydrogen-bond acceptors (Lipinski definition) is 3. The largest absolute Gasteiger partial charge is 0.458 e. The second kappa shape index (κ2) is 8.84. The summed E-state index contributed by atoms with van der Waals surface area (Å²) in [7, 11) is 0. The fourth-order valence-electron chi connectivity index (χ4n) is 6.41. The highest BCUT2D eigenvalue weighted by Gasteiger charge is 2.40. The Morgan fingerprint density at radius 2 is 1.22 bits per heavy atom. The summed E-state index contributed by atoms with van der Waals surface area (Å²) >= 11 is 0. The topological polar surface area (TPSA) is 31.4 Å². The molecule has 0 N–H and O–H groups in total. The van der Waals surface area contributed by atoms with Crippen molar-refractivity contribution in [1.82, 2.24) is 4.98 Å². The summed E-state index contributed by atoms with van der Waals surface area (Å²) in [6, 6.07) is 38.4. The molecular formula is C37H28BNO2. The summed E-state index contributed by atoms with van der Waals surface area (Å²) in [6.45, 7) is 6.88. The highest BCUT2D eigenvalue weighted by atomic mass is 16.5. The van der Waals surface area contributed by atoms with Crippen LogP contribution < -0.4 is 25.9 Å². The van der Waals surface area contributed by atoms with Gasteiger partial charge in [0.2, 0.25) is 0 Å². The molecule has 2 aliphatic heterocycles. The third-order valence-electron chi connectivity index (χ3n) is 8.35. The van der Waals surface area contributed by atoms with Crippen LogP contribution in [0.25, 0.3) is 33.2 Å². The van der Waals surface area contributed by atoms with E-state index >= 15 is 0 Å². The minimum atomic E-state index is 0.00613. The molecule has 5 aromatic carbocycles. The fraction of sp³-hybridized carbons (Fsp3) is 0.108. The van der Waals surface area contributed by atoms with Crippen LogP contribution in [0.2, 0.25) is 0 Å². The standard InChI is InChI=1S/C37H28BNO2/c1-37(2,3)28-19-26(18-24-10-4-5-11-27(24)28)31-20-23(16-17-39-31)25-21-34-36-35(22-25)41-33-15-9-7-13-30(33)38(36)29-12-6-8-14-32(29)40-34/h4-22H,1-3H3. The van der Waals surface area contributed by atoms with E-state index in [1.807, 2.05) is 18.3 Å². The number of pyridine rings is 1. The van der Waals surface area contributed by atoms with Crippen molar-refractivity contribution >= 4 is 33.9 Å². The van der Waals surface area contributed by atoms with E-state index in [1.165, 1.54) is 27.3 Å². The molecule has 0 saturated heterocycles. The van der Waals surface area contributed by atoms with E-state index in [9.17, 15) is 0 Å². The molecule has 4 heteroatoms. The molecule has 8 rings (SSSR count). The van der Waals surface area contributed by atoms with E-state index in [0.29, 0.717) is 0 Å². The first-order valence-corrected chi connectivity index (χ1v) is 14.2. The summed E-state index contributed by atoms with van der Waals surface area (Å²) in [5, 5.41) is 2.52. The first kappa shape index (κ1) is 24.0. The van der Waals surface area contributed by atoms with Crippen molar-refractivity contribution in [1.29, 1.82) is 0 Å². The van der Waals surface area contributed by atoms with Gasteiger partial charge in [-0.1, -0.05) is 81.4 Å². The monoisotopic (exact) mass is 529 g/mol. The number of ether oxygens (including phenoxy) is 2. The summed E-state index contributed by atoms with van der Waals surface area (Å²) in [6.07, 6.45) is 1.90. The lowest BCUT2D eigenvalue weighted by Gasteiger charge is -2.33. The molecule has 0 amide bonds. The Morgan fingerprint density at radius 3 is 1.90 bits per heavy atom. The van der Waals surface area contributed by atoms with Crippen LogP contribution in [0.3, 0.4) is 0 Å². The van der Waals surface area contributed by atoms with Crippen molar-refractivity contribution in [3.8, 4) is 45.4 Å². The minimum Gasteiger partial charge on any atom is -0.458 e. The molecule has 6 aromatic rings. The molecule has 3 nitrogen and oxygen atoms in total. The molecule has 0 unspecified atom stereocenters. The first-order chi connectivity index (χ1) is 19.9. The predicted octanol–water partition coefficient (Wildman–Crippen LogP) is 7.59. The minimum absolute atomic E-state index is 0.00613. The van der Waals surface area contributed by atoms with E-state index < -0.39 is 0 Å². The predicted molar refractivity (Wildman–Crippen MR) is 169 cm³/mol. The lowest BCUT2D eigenvalue weighted by atomic mass is 9.35. The van der Waals surface area contributed by atoms with Crippen LogP contribution >= 0.6 is 0 Å². The zero-order chi connectivity index (χ0) is 27.7. The van der Waals surface area contributed by atoms with Gasteiger partial charge in [0.15, 0.2) is 0 Å². The average molecular weight is 529 g/mol. The Hall–Kier alpha value is -4.83. The normalized spacial score (nSPS) is 13.1. The van der Waals surface area contributed by atoms with E-state index in [2.05, 4.69) is 118 Å². The number of rotatable bonds is 2. The van der Waals surface area contributed by atoms with Crippen molar-refractivity contribution in [3.05, 3.63) is 121 Å². The van der Waals surface area contributed by atoms with Crippen LogP contribution in [0.5, 0.6) is 23.0 Å². The van der Waals surface area contributed by atoms with Crippen molar-refractivity contribution in [2.24, 2.45) is 0 Å².